The van der Waals surface area contributed by atoms with Gasteiger partial charge in [-0.2, -0.15) is 5.01 Å². The highest BCUT2D eigenvalue weighted by Crippen LogP contribution is 2.27. The van der Waals surface area contributed by atoms with Crippen LogP contribution in [0.25, 0.3) is 0 Å². The maximum atomic E-state index is 13.3. The highest BCUT2D eigenvalue weighted by molar-refractivity contribution is 6.03. The molecule has 3 rings (SSSR count). The zero-order valence-corrected chi connectivity index (χ0v) is 20.6. The van der Waals surface area contributed by atoms with Crippen molar-refractivity contribution in [3.8, 4) is 0 Å². The van der Waals surface area contributed by atoms with E-state index in [1.807, 2.05) is 44.2 Å². The first-order valence-corrected chi connectivity index (χ1v) is 12.1. The van der Waals surface area contributed by atoms with Crippen LogP contribution in [-0.2, 0) is 27.3 Å². The Morgan fingerprint density at radius 1 is 1.03 bits per heavy atom. The molecule has 0 aliphatic carbocycles. The van der Waals surface area contributed by atoms with Crippen molar-refractivity contribution < 1.29 is 24.4 Å². The molecule has 0 bridgehead atoms. The Labute approximate surface area is 210 Å². The summed E-state index contributed by atoms with van der Waals surface area (Å²) in [5.74, 6) is -3.48. The summed E-state index contributed by atoms with van der Waals surface area (Å²) in [6.07, 6.45) is 3.60. The number of nitrogens with one attached hydrogen (secondary N) is 2. The first-order chi connectivity index (χ1) is 17.3. The highest BCUT2D eigenvalue weighted by atomic mass is 16.5. The number of urea groups is 1. The molecule has 1 fully saturated rings. The van der Waals surface area contributed by atoms with Crippen LogP contribution in [0.1, 0.15) is 44.4 Å². The summed E-state index contributed by atoms with van der Waals surface area (Å²) in [5, 5.41) is 10.1. The summed E-state index contributed by atoms with van der Waals surface area (Å²) < 4.78 is 0. The number of hydrogen-bond acceptors (Lipinski definition) is 6. The SMILES string of the molecule is CC(C)C[C@@H](C(=O)NN1C(=O)CN(Cc2ccccn2)C1=O)[C@H](CCCc1ccccc1)C(=O)NO. The smallest absolute Gasteiger partial charge is 0.308 e. The molecule has 1 aromatic carbocycles. The Bertz CT molecular complexity index is 1050. The molecule has 192 valence electrons. The monoisotopic (exact) mass is 495 g/mol. The van der Waals surface area contributed by atoms with Crippen LogP contribution in [0.5, 0.6) is 0 Å². The topological polar surface area (TPSA) is 132 Å². The van der Waals surface area contributed by atoms with E-state index in [1.165, 1.54) is 4.90 Å². The van der Waals surface area contributed by atoms with Crippen LogP contribution in [0.15, 0.2) is 54.7 Å². The number of hydrazine groups is 1. The molecule has 2 aromatic rings. The van der Waals surface area contributed by atoms with Gasteiger partial charge in [0.15, 0.2) is 0 Å². The van der Waals surface area contributed by atoms with Crippen LogP contribution >= 0.6 is 0 Å². The van der Waals surface area contributed by atoms with Gasteiger partial charge in [0.1, 0.15) is 6.54 Å². The number of aryl methyl sites for hydroxylation is 1. The number of pyridine rings is 1. The van der Waals surface area contributed by atoms with Crippen LogP contribution in [0, 0.1) is 17.8 Å². The van der Waals surface area contributed by atoms with Crippen molar-refractivity contribution in [3.05, 3.63) is 66.0 Å². The van der Waals surface area contributed by atoms with Gasteiger partial charge in [-0.25, -0.2) is 10.3 Å². The first kappa shape index (κ1) is 26.8. The van der Waals surface area contributed by atoms with E-state index in [9.17, 15) is 24.4 Å². The fraction of sp³-hybridized carbons (Fsp3) is 0.423. The molecular weight excluding hydrogens is 462 g/mol. The van der Waals surface area contributed by atoms with Gasteiger partial charge in [-0.05, 0) is 49.3 Å². The van der Waals surface area contributed by atoms with E-state index in [2.05, 4.69) is 10.4 Å². The van der Waals surface area contributed by atoms with Gasteiger partial charge in [0.25, 0.3) is 5.91 Å². The van der Waals surface area contributed by atoms with E-state index < -0.39 is 35.6 Å². The molecule has 1 aliphatic rings. The van der Waals surface area contributed by atoms with Crippen molar-refractivity contribution in [1.29, 1.82) is 0 Å². The van der Waals surface area contributed by atoms with Gasteiger partial charge in [-0.15, -0.1) is 0 Å². The van der Waals surface area contributed by atoms with Crippen LogP contribution in [0.2, 0.25) is 0 Å². The maximum absolute atomic E-state index is 13.3. The third-order valence-electron chi connectivity index (χ3n) is 6.16. The average Bonchev–Trinajstić information content (AvgIpc) is 3.13. The van der Waals surface area contributed by atoms with Gasteiger partial charge < -0.3 is 4.90 Å². The molecule has 5 amide bonds. The van der Waals surface area contributed by atoms with E-state index >= 15 is 0 Å². The second kappa shape index (κ2) is 12.8. The van der Waals surface area contributed by atoms with Gasteiger partial charge in [0, 0.05) is 6.20 Å². The summed E-state index contributed by atoms with van der Waals surface area (Å²) >= 11 is 0. The van der Waals surface area contributed by atoms with Crippen molar-refractivity contribution in [2.24, 2.45) is 17.8 Å². The van der Waals surface area contributed by atoms with Crippen LogP contribution < -0.4 is 10.9 Å². The van der Waals surface area contributed by atoms with Crippen LogP contribution in [0.3, 0.4) is 0 Å². The fourth-order valence-corrected chi connectivity index (χ4v) is 4.39. The van der Waals surface area contributed by atoms with Gasteiger partial charge >= 0.3 is 6.03 Å². The molecule has 0 radical (unpaired) electrons. The van der Waals surface area contributed by atoms with Crippen molar-refractivity contribution in [3.63, 3.8) is 0 Å². The Morgan fingerprint density at radius 2 is 1.75 bits per heavy atom. The lowest BCUT2D eigenvalue weighted by molar-refractivity contribution is -0.144. The number of carbonyl (C=O) groups excluding carboxylic acids is 4. The highest BCUT2D eigenvalue weighted by Gasteiger charge is 2.41. The van der Waals surface area contributed by atoms with E-state index in [0.717, 1.165) is 5.56 Å². The van der Waals surface area contributed by atoms with Gasteiger partial charge in [0.05, 0.1) is 24.1 Å². The van der Waals surface area contributed by atoms with Crippen molar-refractivity contribution in [2.45, 2.75) is 46.1 Å². The largest absolute Gasteiger partial charge is 0.346 e. The van der Waals surface area contributed by atoms with Gasteiger partial charge in [-0.3, -0.25) is 30.0 Å². The molecule has 1 aromatic heterocycles. The molecule has 1 saturated heterocycles. The number of imide groups is 1. The summed E-state index contributed by atoms with van der Waals surface area (Å²) in [6, 6.07) is 14.4. The first-order valence-electron chi connectivity index (χ1n) is 12.1. The normalized spacial score (nSPS) is 15.2. The minimum Gasteiger partial charge on any atom is -0.308 e. The van der Waals surface area contributed by atoms with E-state index in [0.29, 0.717) is 36.4 Å². The number of amides is 5. The summed E-state index contributed by atoms with van der Waals surface area (Å²) in [7, 11) is 0. The summed E-state index contributed by atoms with van der Waals surface area (Å²) in [6.45, 7) is 3.77. The molecule has 1 aliphatic heterocycles. The molecule has 2 heterocycles. The quantitative estimate of drug-likeness (QED) is 0.236. The summed E-state index contributed by atoms with van der Waals surface area (Å²) in [4.78, 5) is 56.8. The molecular formula is C26H33N5O5. The molecule has 0 spiro atoms. The lowest BCUT2D eigenvalue weighted by Gasteiger charge is -2.28. The second-order valence-electron chi connectivity index (χ2n) is 9.36. The molecule has 0 unspecified atom stereocenters. The number of nitrogens with zero attached hydrogens (tertiary/aromatic N) is 3. The number of benzene rings is 1. The Morgan fingerprint density at radius 3 is 2.39 bits per heavy atom. The average molecular weight is 496 g/mol. The number of carbonyl (C=O) groups is 4. The molecule has 3 N–H and O–H groups in total. The zero-order valence-electron chi connectivity index (χ0n) is 20.6. The van der Waals surface area contributed by atoms with E-state index in [-0.39, 0.29) is 19.0 Å². The lowest BCUT2D eigenvalue weighted by Crippen LogP contribution is -2.51. The summed E-state index contributed by atoms with van der Waals surface area (Å²) in [5.41, 5.74) is 5.84. The molecule has 36 heavy (non-hydrogen) atoms. The van der Waals surface area contributed by atoms with Crippen LogP contribution in [0.4, 0.5) is 4.79 Å². The van der Waals surface area contributed by atoms with Gasteiger partial charge in [0.2, 0.25) is 11.8 Å². The Hall–Kier alpha value is -3.79. The molecule has 0 saturated carbocycles. The van der Waals surface area contributed by atoms with Gasteiger partial charge in [-0.1, -0.05) is 50.2 Å². The molecule has 10 nitrogen and oxygen atoms in total. The second-order valence-corrected chi connectivity index (χ2v) is 9.36. The third kappa shape index (κ3) is 7.11. The number of hydroxylamine groups is 1. The minimum absolute atomic E-state index is 0.0505. The maximum Gasteiger partial charge on any atom is 0.346 e. The number of aromatic nitrogens is 1. The van der Waals surface area contributed by atoms with E-state index in [4.69, 9.17) is 0 Å². The molecule has 10 heteroatoms. The van der Waals surface area contributed by atoms with Crippen molar-refractivity contribution in [1.82, 2.24) is 25.8 Å². The fourth-order valence-electron chi connectivity index (χ4n) is 4.39. The predicted molar refractivity (Wildman–Crippen MR) is 131 cm³/mol. The lowest BCUT2D eigenvalue weighted by atomic mass is 9.81. The standard InChI is InChI=1S/C26H33N5O5/c1-18(2)15-22(21(25(34)29-36)13-8-11-19-9-4-3-5-10-19)24(33)28-31-23(32)17-30(26(31)35)16-20-12-6-7-14-27-20/h3-7,9-10,12,14,18,21-22,36H,8,11,13,15-17H2,1-2H3,(H,28,33)(H,29,34)/t21-,22+/m0/s1. The molecule has 2 atom stereocenters. The minimum atomic E-state index is -0.849. The van der Waals surface area contributed by atoms with Crippen LogP contribution in [-0.4, -0.2) is 50.4 Å². The Balaban J connectivity index is 1.70. The van der Waals surface area contributed by atoms with E-state index in [1.54, 1.807) is 29.9 Å². The third-order valence-corrected chi connectivity index (χ3v) is 6.16. The zero-order chi connectivity index (χ0) is 26.1. The number of hydrogen-bond donors (Lipinski definition) is 3. The van der Waals surface area contributed by atoms with Crippen molar-refractivity contribution in [2.75, 3.05) is 6.54 Å². The van der Waals surface area contributed by atoms with Crippen molar-refractivity contribution >= 4 is 23.8 Å². The Kier molecular flexibility index (Phi) is 9.52. The predicted octanol–water partition coefficient (Wildman–Crippen LogP) is 2.68. The number of rotatable bonds is 12.